The van der Waals surface area contributed by atoms with E-state index in [-0.39, 0.29) is 31.4 Å². The Bertz CT molecular complexity index is 909. The maximum Gasteiger partial charge on any atom is 0.332 e. The number of para-hydroxylation sites is 2. The number of hydrogen-bond acceptors (Lipinski definition) is 5. The third-order valence-corrected chi connectivity index (χ3v) is 4.84. The second kappa shape index (κ2) is 6.75. The summed E-state index contributed by atoms with van der Waals surface area (Å²) in [5, 5.41) is 9.58. The van der Waals surface area contributed by atoms with Gasteiger partial charge in [0, 0.05) is 31.6 Å². The van der Waals surface area contributed by atoms with Crippen LogP contribution in [0.1, 0.15) is 23.9 Å². The summed E-state index contributed by atoms with van der Waals surface area (Å²) in [6.45, 7) is 0.371. The number of anilines is 1. The lowest BCUT2D eigenvalue weighted by Gasteiger charge is -2.33. The lowest BCUT2D eigenvalue weighted by Crippen LogP contribution is -2.46. The SMILES string of the molecule is O=C(O)C1c2nc[nH]c2CCN1C(=O)CCN1C(=O)COc2ccccc21. The molecule has 2 aliphatic rings. The molecule has 3 heterocycles. The van der Waals surface area contributed by atoms with Gasteiger partial charge in [0.25, 0.3) is 5.91 Å². The van der Waals surface area contributed by atoms with Gasteiger partial charge in [0.05, 0.1) is 17.7 Å². The fourth-order valence-electron chi connectivity index (χ4n) is 3.55. The van der Waals surface area contributed by atoms with Crippen molar-refractivity contribution >= 4 is 23.5 Å². The summed E-state index contributed by atoms with van der Waals surface area (Å²) >= 11 is 0. The van der Waals surface area contributed by atoms with Crippen molar-refractivity contribution < 1.29 is 24.2 Å². The lowest BCUT2D eigenvalue weighted by atomic mass is 10.0. The Morgan fingerprint density at radius 1 is 1.33 bits per heavy atom. The van der Waals surface area contributed by atoms with Gasteiger partial charge in [-0.05, 0) is 12.1 Å². The van der Waals surface area contributed by atoms with Crippen molar-refractivity contribution in [2.24, 2.45) is 0 Å². The Hall–Kier alpha value is -3.36. The summed E-state index contributed by atoms with van der Waals surface area (Å²) in [6, 6.07) is 6.01. The molecular formula is C18H18N4O5. The summed E-state index contributed by atoms with van der Waals surface area (Å²) in [5.41, 5.74) is 1.73. The number of fused-ring (bicyclic) bond motifs is 2. The minimum absolute atomic E-state index is 0.0175. The fourth-order valence-corrected chi connectivity index (χ4v) is 3.55. The minimum atomic E-state index is -1.12. The maximum absolute atomic E-state index is 12.8. The predicted octanol–water partition coefficient (Wildman–Crippen LogP) is 0.736. The molecule has 2 aromatic rings. The number of aromatic nitrogens is 2. The van der Waals surface area contributed by atoms with Crippen LogP contribution in [0.25, 0.3) is 0 Å². The van der Waals surface area contributed by atoms with Crippen LogP contribution in [0.4, 0.5) is 5.69 Å². The van der Waals surface area contributed by atoms with Gasteiger partial charge in [0.2, 0.25) is 5.91 Å². The van der Waals surface area contributed by atoms with Crippen molar-refractivity contribution in [3.8, 4) is 5.75 Å². The molecule has 0 aliphatic carbocycles. The van der Waals surface area contributed by atoms with Gasteiger partial charge in [0.1, 0.15) is 5.75 Å². The number of carbonyl (C=O) groups is 3. The molecule has 1 aromatic carbocycles. The number of aromatic amines is 1. The molecule has 140 valence electrons. The van der Waals surface area contributed by atoms with Crippen LogP contribution in [0.5, 0.6) is 5.75 Å². The van der Waals surface area contributed by atoms with Gasteiger partial charge in [-0.2, -0.15) is 0 Å². The number of ether oxygens (including phenoxy) is 1. The number of amides is 2. The van der Waals surface area contributed by atoms with Crippen LogP contribution in [0.3, 0.4) is 0 Å². The number of nitrogens with one attached hydrogen (secondary N) is 1. The zero-order valence-electron chi connectivity index (χ0n) is 14.4. The lowest BCUT2D eigenvalue weighted by molar-refractivity contribution is -0.151. The van der Waals surface area contributed by atoms with Crippen LogP contribution in [0, 0.1) is 0 Å². The number of benzene rings is 1. The average Bonchev–Trinajstić information content (AvgIpc) is 3.14. The molecule has 0 saturated carbocycles. The van der Waals surface area contributed by atoms with Gasteiger partial charge < -0.3 is 24.6 Å². The number of rotatable bonds is 4. The van der Waals surface area contributed by atoms with Crippen LogP contribution in [0.2, 0.25) is 0 Å². The van der Waals surface area contributed by atoms with Crippen LogP contribution < -0.4 is 9.64 Å². The summed E-state index contributed by atoms with van der Waals surface area (Å²) in [7, 11) is 0. The van der Waals surface area contributed by atoms with Gasteiger partial charge in [-0.15, -0.1) is 0 Å². The largest absolute Gasteiger partial charge is 0.482 e. The third-order valence-electron chi connectivity index (χ3n) is 4.84. The molecule has 1 atom stereocenters. The second-order valence-electron chi connectivity index (χ2n) is 6.40. The molecule has 27 heavy (non-hydrogen) atoms. The van der Waals surface area contributed by atoms with Crippen LogP contribution >= 0.6 is 0 Å². The molecule has 0 saturated heterocycles. The molecule has 9 heteroatoms. The van der Waals surface area contributed by atoms with Gasteiger partial charge in [0.15, 0.2) is 12.6 Å². The first-order chi connectivity index (χ1) is 13.1. The zero-order valence-corrected chi connectivity index (χ0v) is 14.4. The highest BCUT2D eigenvalue weighted by Crippen LogP contribution is 2.32. The van der Waals surface area contributed by atoms with Crippen molar-refractivity contribution in [1.82, 2.24) is 14.9 Å². The number of nitrogens with zero attached hydrogens (tertiary/aromatic N) is 3. The highest BCUT2D eigenvalue weighted by molar-refractivity contribution is 5.98. The van der Waals surface area contributed by atoms with Crippen molar-refractivity contribution in [2.75, 3.05) is 24.6 Å². The molecule has 9 nitrogen and oxygen atoms in total. The average molecular weight is 370 g/mol. The molecule has 0 fully saturated rings. The van der Waals surface area contributed by atoms with E-state index >= 15 is 0 Å². The van der Waals surface area contributed by atoms with E-state index in [1.165, 1.54) is 16.1 Å². The standard InChI is InChI=1S/C18H18N4O5/c23-14(22-7-5-11-16(20-10-19-11)17(22)18(25)26)6-8-21-12-3-1-2-4-13(12)27-9-15(21)24/h1-4,10,17H,5-9H2,(H,19,20)(H,25,26). The van der Waals surface area contributed by atoms with Gasteiger partial charge in [-0.3, -0.25) is 9.59 Å². The Labute approximate surface area is 154 Å². The van der Waals surface area contributed by atoms with Crippen molar-refractivity contribution in [1.29, 1.82) is 0 Å². The Morgan fingerprint density at radius 3 is 2.96 bits per heavy atom. The Kier molecular flexibility index (Phi) is 4.27. The quantitative estimate of drug-likeness (QED) is 0.820. The van der Waals surface area contributed by atoms with Gasteiger partial charge >= 0.3 is 5.97 Å². The monoisotopic (exact) mass is 370 g/mol. The van der Waals surface area contributed by atoms with Crippen LogP contribution in [-0.2, 0) is 20.8 Å². The second-order valence-corrected chi connectivity index (χ2v) is 6.40. The van der Waals surface area contributed by atoms with Crippen LogP contribution in [-0.4, -0.2) is 57.5 Å². The van der Waals surface area contributed by atoms with Crippen molar-refractivity contribution in [3.63, 3.8) is 0 Å². The normalized spacial score (nSPS) is 18.5. The van der Waals surface area contributed by atoms with E-state index in [0.29, 0.717) is 30.1 Å². The minimum Gasteiger partial charge on any atom is -0.482 e. The summed E-state index contributed by atoms with van der Waals surface area (Å²) in [5.74, 6) is -1.09. The van der Waals surface area contributed by atoms with E-state index in [1.807, 2.05) is 6.07 Å². The first-order valence-corrected chi connectivity index (χ1v) is 8.63. The van der Waals surface area contributed by atoms with E-state index in [4.69, 9.17) is 4.74 Å². The smallest absolute Gasteiger partial charge is 0.332 e. The predicted molar refractivity (Wildman–Crippen MR) is 93.3 cm³/mol. The molecule has 0 bridgehead atoms. The molecule has 1 unspecified atom stereocenters. The summed E-state index contributed by atoms with van der Waals surface area (Å²) in [6.07, 6.45) is 1.98. The fraction of sp³-hybridized carbons (Fsp3) is 0.333. The highest BCUT2D eigenvalue weighted by Gasteiger charge is 2.38. The van der Waals surface area contributed by atoms with E-state index in [1.54, 1.807) is 18.2 Å². The zero-order chi connectivity index (χ0) is 19.0. The van der Waals surface area contributed by atoms with Crippen molar-refractivity contribution in [2.45, 2.75) is 18.9 Å². The van der Waals surface area contributed by atoms with Crippen molar-refractivity contribution in [3.05, 3.63) is 42.0 Å². The van der Waals surface area contributed by atoms with E-state index in [9.17, 15) is 19.5 Å². The first kappa shape index (κ1) is 17.1. The van der Waals surface area contributed by atoms with Crippen LogP contribution in [0.15, 0.2) is 30.6 Å². The summed E-state index contributed by atoms with van der Waals surface area (Å²) < 4.78 is 5.39. The maximum atomic E-state index is 12.8. The first-order valence-electron chi connectivity index (χ1n) is 8.63. The number of carboxylic acid groups (broad SMARTS) is 1. The molecule has 2 amide bonds. The molecule has 0 spiro atoms. The topological polar surface area (TPSA) is 116 Å². The third kappa shape index (κ3) is 3.01. The van der Waals surface area contributed by atoms with Gasteiger partial charge in [-0.25, -0.2) is 9.78 Å². The van der Waals surface area contributed by atoms with Gasteiger partial charge in [-0.1, -0.05) is 12.1 Å². The molecule has 1 aromatic heterocycles. The number of imidazole rings is 1. The molecular weight excluding hydrogens is 352 g/mol. The number of H-pyrrole nitrogens is 1. The number of hydrogen-bond donors (Lipinski definition) is 2. The number of carboxylic acids is 1. The molecule has 0 radical (unpaired) electrons. The Morgan fingerprint density at radius 2 is 2.15 bits per heavy atom. The highest BCUT2D eigenvalue weighted by atomic mass is 16.5. The Balaban J connectivity index is 1.50. The van der Waals surface area contributed by atoms with E-state index in [0.717, 1.165) is 5.69 Å². The number of aliphatic carboxylic acids is 1. The summed E-state index contributed by atoms with van der Waals surface area (Å²) in [4.78, 5) is 46.5. The number of carbonyl (C=O) groups excluding carboxylic acids is 2. The van der Waals surface area contributed by atoms with E-state index < -0.39 is 12.0 Å². The molecule has 2 aliphatic heterocycles. The van der Waals surface area contributed by atoms with E-state index in [2.05, 4.69) is 9.97 Å². The molecule has 4 rings (SSSR count). The molecule has 2 N–H and O–H groups in total.